The molecule has 1 aromatic heterocycles. The summed E-state index contributed by atoms with van der Waals surface area (Å²) >= 11 is 0. The van der Waals surface area contributed by atoms with Crippen molar-refractivity contribution in [3.8, 4) is 11.3 Å². The van der Waals surface area contributed by atoms with Crippen molar-refractivity contribution in [3.05, 3.63) is 58.3 Å². The van der Waals surface area contributed by atoms with Crippen molar-refractivity contribution in [1.29, 1.82) is 0 Å². The van der Waals surface area contributed by atoms with E-state index in [1.807, 2.05) is 26.0 Å². The molecule has 1 heterocycles. The summed E-state index contributed by atoms with van der Waals surface area (Å²) in [5.74, 6) is -0.936. The summed E-state index contributed by atoms with van der Waals surface area (Å²) in [4.78, 5) is 16.2. The molecule has 1 aromatic carbocycles. The van der Waals surface area contributed by atoms with Crippen LogP contribution in [0.15, 0.2) is 30.3 Å². The molecule has 0 saturated carbocycles. The lowest BCUT2D eigenvalue weighted by atomic mass is 9.93. The van der Waals surface area contributed by atoms with Crippen LogP contribution in [0.3, 0.4) is 0 Å². The third-order valence-corrected chi connectivity index (χ3v) is 4.04. The smallest absolute Gasteiger partial charge is 0.338 e. The number of aryl methyl sites for hydroxylation is 3. The molecule has 0 aliphatic carbocycles. The van der Waals surface area contributed by atoms with Crippen molar-refractivity contribution in [2.45, 2.75) is 40.5 Å². The molecule has 0 atom stereocenters. The molecule has 2 rings (SSSR count). The lowest BCUT2D eigenvalue weighted by molar-refractivity contribution is 0.0695. The molecule has 3 nitrogen and oxygen atoms in total. The number of hydrogen-bond acceptors (Lipinski definition) is 2. The normalized spacial score (nSPS) is 11.1. The summed E-state index contributed by atoms with van der Waals surface area (Å²) < 4.78 is 0. The Balaban J connectivity index is 2.78. The van der Waals surface area contributed by atoms with Crippen LogP contribution in [0.5, 0.6) is 0 Å². The van der Waals surface area contributed by atoms with Gasteiger partial charge in [-0.15, -0.1) is 0 Å². The Morgan fingerprint density at radius 1 is 1.22 bits per heavy atom. The highest BCUT2D eigenvalue weighted by atomic mass is 16.4. The zero-order valence-corrected chi connectivity index (χ0v) is 14.2. The maximum Gasteiger partial charge on any atom is 0.338 e. The topological polar surface area (TPSA) is 50.2 Å². The van der Waals surface area contributed by atoms with Gasteiger partial charge in [0.05, 0.1) is 17.0 Å². The molecule has 120 valence electrons. The molecule has 0 radical (unpaired) electrons. The fourth-order valence-electron chi connectivity index (χ4n) is 2.95. The third-order valence-electron chi connectivity index (χ3n) is 4.04. The molecule has 0 aliphatic heterocycles. The predicted molar refractivity (Wildman–Crippen MR) is 94.8 cm³/mol. The average Bonchev–Trinajstić information content (AvgIpc) is 2.53. The van der Waals surface area contributed by atoms with Crippen molar-refractivity contribution < 1.29 is 9.90 Å². The van der Waals surface area contributed by atoms with Gasteiger partial charge in [0.15, 0.2) is 0 Å². The van der Waals surface area contributed by atoms with Crippen LogP contribution in [0.25, 0.3) is 17.3 Å². The second-order valence-electron chi connectivity index (χ2n) is 5.55. The van der Waals surface area contributed by atoms with Crippen LogP contribution >= 0.6 is 0 Å². The standard InChI is InChI=1S/C20H23NO2/c1-5-9-16-18(20(22)23)13(4)12-17(21-16)19-14(6-2)10-8-11-15(19)7-3/h5,8-12H,6-7H2,1-4H3,(H,22,23)/b9-5-. The molecule has 0 fully saturated rings. The van der Waals surface area contributed by atoms with Crippen molar-refractivity contribution in [2.24, 2.45) is 0 Å². The maximum absolute atomic E-state index is 11.5. The number of benzene rings is 1. The average molecular weight is 309 g/mol. The number of carboxylic acids is 1. The summed E-state index contributed by atoms with van der Waals surface area (Å²) in [6.45, 7) is 7.96. The highest BCUT2D eigenvalue weighted by molar-refractivity contribution is 5.93. The molecule has 0 amide bonds. The minimum Gasteiger partial charge on any atom is -0.478 e. The fourth-order valence-corrected chi connectivity index (χ4v) is 2.95. The predicted octanol–water partition coefficient (Wildman–Crippen LogP) is 4.91. The van der Waals surface area contributed by atoms with E-state index in [9.17, 15) is 9.90 Å². The first-order valence-electron chi connectivity index (χ1n) is 8.02. The van der Waals surface area contributed by atoms with Gasteiger partial charge in [0.2, 0.25) is 0 Å². The van der Waals surface area contributed by atoms with Gasteiger partial charge in [0.25, 0.3) is 0 Å². The number of pyridine rings is 1. The van der Waals surface area contributed by atoms with Gasteiger partial charge in [-0.05, 0) is 55.5 Å². The lowest BCUT2D eigenvalue weighted by Crippen LogP contribution is -2.07. The second-order valence-corrected chi connectivity index (χ2v) is 5.55. The van der Waals surface area contributed by atoms with Crippen molar-refractivity contribution in [3.63, 3.8) is 0 Å². The van der Waals surface area contributed by atoms with Gasteiger partial charge in [-0.25, -0.2) is 9.78 Å². The van der Waals surface area contributed by atoms with Crippen LogP contribution in [0, 0.1) is 6.92 Å². The van der Waals surface area contributed by atoms with Gasteiger partial charge in [0, 0.05) is 5.56 Å². The van der Waals surface area contributed by atoms with E-state index >= 15 is 0 Å². The van der Waals surface area contributed by atoms with E-state index in [2.05, 4.69) is 37.0 Å². The highest BCUT2D eigenvalue weighted by Crippen LogP contribution is 2.30. The van der Waals surface area contributed by atoms with Crippen LogP contribution in [-0.2, 0) is 12.8 Å². The van der Waals surface area contributed by atoms with Crippen LogP contribution < -0.4 is 0 Å². The molecule has 0 unspecified atom stereocenters. The highest BCUT2D eigenvalue weighted by Gasteiger charge is 2.17. The number of nitrogens with zero attached hydrogens (tertiary/aromatic N) is 1. The molecule has 0 spiro atoms. The summed E-state index contributed by atoms with van der Waals surface area (Å²) in [6.07, 6.45) is 5.43. The molecule has 0 aliphatic rings. The molecule has 0 bridgehead atoms. The van der Waals surface area contributed by atoms with E-state index in [4.69, 9.17) is 0 Å². The number of allylic oxidation sites excluding steroid dienone is 1. The van der Waals surface area contributed by atoms with Gasteiger partial charge in [-0.3, -0.25) is 0 Å². The van der Waals surface area contributed by atoms with Crippen molar-refractivity contribution in [1.82, 2.24) is 4.98 Å². The SMILES string of the molecule is C/C=C\c1nc(-c2c(CC)cccc2CC)cc(C)c1C(=O)O. The monoisotopic (exact) mass is 309 g/mol. The number of aromatic nitrogens is 1. The molecule has 0 saturated heterocycles. The molecular weight excluding hydrogens is 286 g/mol. The number of rotatable bonds is 5. The Hall–Kier alpha value is -2.42. The molecule has 23 heavy (non-hydrogen) atoms. The summed E-state index contributed by atoms with van der Waals surface area (Å²) in [5, 5.41) is 9.46. The Kier molecular flexibility index (Phi) is 5.32. The van der Waals surface area contributed by atoms with Crippen LogP contribution in [-0.4, -0.2) is 16.1 Å². The summed E-state index contributed by atoms with van der Waals surface area (Å²) in [6, 6.07) is 8.20. The number of aromatic carboxylic acids is 1. The Labute approximate surface area is 137 Å². The molecule has 1 N–H and O–H groups in total. The van der Waals surface area contributed by atoms with Crippen LogP contribution in [0.4, 0.5) is 0 Å². The van der Waals surface area contributed by atoms with E-state index in [1.165, 1.54) is 11.1 Å². The Bertz CT molecular complexity index is 738. The van der Waals surface area contributed by atoms with Gasteiger partial charge in [-0.2, -0.15) is 0 Å². The van der Waals surface area contributed by atoms with Crippen molar-refractivity contribution in [2.75, 3.05) is 0 Å². The largest absolute Gasteiger partial charge is 0.478 e. The quantitative estimate of drug-likeness (QED) is 0.853. The fraction of sp³-hybridized carbons (Fsp3) is 0.300. The Morgan fingerprint density at radius 3 is 2.30 bits per heavy atom. The van der Waals surface area contributed by atoms with Crippen molar-refractivity contribution >= 4 is 12.0 Å². The first-order chi connectivity index (χ1) is 11.0. The molecule has 2 aromatic rings. The minimum absolute atomic E-state index is 0.277. The summed E-state index contributed by atoms with van der Waals surface area (Å²) in [7, 11) is 0. The number of carbonyl (C=O) groups is 1. The van der Waals surface area contributed by atoms with E-state index in [0.717, 1.165) is 29.7 Å². The zero-order chi connectivity index (χ0) is 17.0. The van der Waals surface area contributed by atoms with Crippen LogP contribution in [0.1, 0.15) is 53.5 Å². The number of carboxylic acid groups (broad SMARTS) is 1. The van der Waals surface area contributed by atoms with Gasteiger partial charge >= 0.3 is 5.97 Å². The van der Waals surface area contributed by atoms with E-state index in [1.54, 1.807) is 6.08 Å². The van der Waals surface area contributed by atoms with E-state index in [0.29, 0.717) is 5.69 Å². The summed E-state index contributed by atoms with van der Waals surface area (Å²) in [5.41, 5.74) is 6.01. The van der Waals surface area contributed by atoms with Gasteiger partial charge in [-0.1, -0.05) is 38.1 Å². The van der Waals surface area contributed by atoms with E-state index in [-0.39, 0.29) is 5.56 Å². The van der Waals surface area contributed by atoms with Gasteiger partial charge in [0.1, 0.15) is 0 Å². The lowest BCUT2D eigenvalue weighted by Gasteiger charge is -2.15. The van der Waals surface area contributed by atoms with Crippen LogP contribution in [0.2, 0.25) is 0 Å². The zero-order valence-electron chi connectivity index (χ0n) is 14.2. The maximum atomic E-state index is 11.5. The van der Waals surface area contributed by atoms with Gasteiger partial charge < -0.3 is 5.11 Å². The first-order valence-corrected chi connectivity index (χ1v) is 8.02. The Morgan fingerprint density at radius 2 is 1.83 bits per heavy atom. The first kappa shape index (κ1) is 16.9. The molecule has 3 heteroatoms. The number of hydrogen-bond donors (Lipinski definition) is 1. The molecular formula is C20H23NO2. The minimum atomic E-state index is -0.936. The van der Waals surface area contributed by atoms with E-state index < -0.39 is 5.97 Å². The second kappa shape index (κ2) is 7.23. The third kappa shape index (κ3) is 3.34.